The minimum Gasteiger partial charge on any atom is -0.316 e. The molecule has 2 heterocycles. The lowest BCUT2D eigenvalue weighted by molar-refractivity contribution is 0.0648. The molecule has 2 nitrogen and oxygen atoms in total. The molecule has 0 spiro atoms. The van der Waals surface area contributed by atoms with Crippen LogP contribution in [0.25, 0.3) is 0 Å². The maximum Gasteiger partial charge on any atom is 0.0104 e. The van der Waals surface area contributed by atoms with E-state index >= 15 is 0 Å². The first-order valence-electron chi connectivity index (χ1n) is 4.68. The van der Waals surface area contributed by atoms with E-state index in [4.69, 9.17) is 0 Å². The SMILES string of the molecule is C[C@H]1[C@@H]2CNC[C@H](C2)CN1C. The van der Waals surface area contributed by atoms with Crippen molar-refractivity contribution in [2.24, 2.45) is 11.8 Å². The van der Waals surface area contributed by atoms with Crippen LogP contribution in [0.4, 0.5) is 0 Å². The quantitative estimate of drug-likeness (QED) is 0.548. The number of rotatable bonds is 0. The molecule has 2 aliphatic heterocycles. The third kappa shape index (κ3) is 1.30. The van der Waals surface area contributed by atoms with E-state index in [-0.39, 0.29) is 0 Å². The zero-order chi connectivity index (χ0) is 7.84. The number of hydrogen-bond acceptors (Lipinski definition) is 2. The number of fused-ring (bicyclic) bond motifs is 2. The standard InChI is InChI=1S/C9H18N2/c1-7-9-3-8(4-10-5-9)6-11(7)2/h7-10H,3-6H2,1-2H3/t7-,8-,9-/m0/s1. The smallest absolute Gasteiger partial charge is 0.0104 e. The molecule has 0 aromatic rings. The average molecular weight is 154 g/mol. The summed E-state index contributed by atoms with van der Waals surface area (Å²) in [5, 5.41) is 3.51. The molecule has 0 radical (unpaired) electrons. The zero-order valence-corrected chi connectivity index (χ0v) is 7.51. The van der Waals surface area contributed by atoms with Gasteiger partial charge in [0, 0.05) is 12.6 Å². The molecule has 11 heavy (non-hydrogen) atoms. The van der Waals surface area contributed by atoms with Gasteiger partial charge in [-0.05, 0) is 45.3 Å². The van der Waals surface area contributed by atoms with Crippen LogP contribution in [0.5, 0.6) is 0 Å². The van der Waals surface area contributed by atoms with E-state index in [0.29, 0.717) is 0 Å². The maximum absolute atomic E-state index is 3.51. The Morgan fingerprint density at radius 2 is 2.18 bits per heavy atom. The van der Waals surface area contributed by atoms with Crippen molar-refractivity contribution in [3.8, 4) is 0 Å². The summed E-state index contributed by atoms with van der Waals surface area (Å²) < 4.78 is 0. The summed E-state index contributed by atoms with van der Waals surface area (Å²) in [7, 11) is 2.26. The predicted octanol–water partition coefficient (Wildman–Crippen LogP) is 0.546. The second kappa shape index (κ2) is 2.76. The molecule has 64 valence electrons. The van der Waals surface area contributed by atoms with Gasteiger partial charge in [0.25, 0.3) is 0 Å². The van der Waals surface area contributed by atoms with Crippen molar-refractivity contribution in [3.63, 3.8) is 0 Å². The molecule has 0 aliphatic carbocycles. The lowest BCUT2D eigenvalue weighted by Gasteiger charge is -2.45. The molecule has 1 N–H and O–H groups in total. The molecular weight excluding hydrogens is 136 g/mol. The Hall–Kier alpha value is -0.0800. The molecule has 2 aliphatic rings. The highest BCUT2D eigenvalue weighted by Gasteiger charge is 2.33. The van der Waals surface area contributed by atoms with Crippen LogP contribution in [0, 0.1) is 11.8 Å². The van der Waals surface area contributed by atoms with E-state index in [9.17, 15) is 0 Å². The van der Waals surface area contributed by atoms with Gasteiger partial charge in [-0.2, -0.15) is 0 Å². The summed E-state index contributed by atoms with van der Waals surface area (Å²) in [6, 6.07) is 0.791. The van der Waals surface area contributed by atoms with Crippen LogP contribution >= 0.6 is 0 Å². The van der Waals surface area contributed by atoms with Gasteiger partial charge in [0.2, 0.25) is 0 Å². The van der Waals surface area contributed by atoms with Gasteiger partial charge in [-0.25, -0.2) is 0 Å². The van der Waals surface area contributed by atoms with Crippen molar-refractivity contribution in [1.82, 2.24) is 10.2 Å². The first kappa shape index (κ1) is 7.56. The first-order chi connectivity index (χ1) is 5.27. The Morgan fingerprint density at radius 3 is 3.00 bits per heavy atom. The molecule has 2 bridgehead atoms. The highest BCUT2D eigenvalue weighted by Crippen LogP contribution is 2.28. The lowest BCUT2D eigenvalue weighted by Crippen LogP contribution is -2.54. The Balaban J connectivity index is 2.05. The average Bonchev–Trinajstić information content (AvgIpc) is 2.01. The first-order valence-corrected chi connectivity index (χ1v) is 4.68. The molecular formula is C9H18N2. The second-order valence-electron chi connectivity index (χ2n) is 4.20. The summed E-state index contributed by atoms with van der Waals surface area (Å²) in [5.74, 6) is 1.84. The third-order valence-corrected chi connectivity index (χ3v) is 3.40. The fourth-order valence-electron chi connectivity index (χ4n) is 2.51. The molecule has 2 heteroatoms. The van der Waals surface area contributed by atoms with Gasteiger partial charge in [0.05, 0.1) is 0 Å². The number of hydrogen-bond donors (Lipinski definition) is 1. The van der Waals surface area contributed by atoms with Crippen molar-refractivity contribution >= 4 is 0 Å². The van der Waals surface area contributed by atoms with Crippen LogP contribution in [0.1, 0.15) is 13.3 Å². The van der Waals surface area contributed by atoms with Gasteiger partial charge in [-0.15, -0.1) is 0 Å². The number of piperidine rings is 2. The second-order valence-corrected chi connectivity index (χ2v) is 4.20. The number of nitrogens with one attached hydrogen (secondary N) is 1. The van der Waals surface area contributed by atoms with Crippen LogP contribution in [0.2, 0.25) is 0 Å². The van der Waals surface area contributed by atoms with Gasteiger partial charge < -0.3 is 10.2 Å². The van der Waals surface area contributed by atoms with Gasteiger partial charge in [-0.3, -0.25) is 0 Å². The van der Waals surface area contributed by atoms with Crippen molar-refractivity contribution in [2.75, 3.05) is 26.7 Å². The van der Waals surface area contributed by atoms with Crippen molar-refractivity contribution in [2.45, 2.75) is 19.4 Å². The van der Waals surface area contributed by atoms with Crippen molar-refractivity contribution in [3.05, 3.63) is 0 Å². The molecule has 0 aromatic heterocycles. The van der Waals surface area contributed by atoms with E-state index in [1.807, 2.05) is 0 Å². The van der Waals surface area contributed by atoms with Crippen LogP contribution in [0.15, 0.2) is 0 Å². The normalized spacial score (nSPS) is 45.8. The fourth-order valence-corrected chi connectivity index (χ4v) is 2.51. The molecule has 0 amide bonds. The van der Waals surface area contributed by atoms with Crippen molar-refractivity contribution in [1.29, 1.82) is 0 Å². The molecule has 3 atom stereocenters. The minimum absolute atomic E-state index is 0.791. The Bertz CT molecular complexity index is 144. The topological polar surface area (TPSA) is 15.3 Å². The summed E-state index contributed by atoms with van der Waals surface area (Å²) in [6.07, 6.45) is 1.46. The molecule has 2 fully saturated rings. The monoisotopic (exact) mass is 154 g/mol. The summed E-state index contributed by atoms with van der Waals surface area (Å²) in [6.45, 7) is 6.13. The van der Waals surface area contributed by atoms with E-state index < -0.39 is 0 Å². The Labute approximate surface area is 69.0 Å². The van der Waals surface area contributed by atoms with E-state index in [2.05, 4.69) is 24.2 Å². The lowest BCUT2D eigenvalue weighted by atomic mass is 9.81. The fraction of sp³-hybridized carbons (Fsp3) is 1.00. The molecule has 0 aromatic carbocycles. The number of nitrogens with zero attached hydrogens (tertiary/aromatic N) is 1. The van der Waals surface area contributed by atoms with Gasteiger partial charge in [-0.1, -0.05) is 0 Å². The van der Waals surface area contributed by atoms with Gasteiger partial charge >= 0.3 is 0 Å². The van der Waals surface area contributed by atoms with E-state index in [0.717, 1.165) is 17.9 Å². The Morgan fingerprint density at radius 1 is 1.36 bits per heavy atom. The molecule has 0 saturated carbocycles. The van der Waals surface area contributed by atoms with Gasteiger partial charge in [0.1, 0.15) is 0 Å². The highest BCUT2D eigenvalue weighted by atomic mass is 15.2. The van der Waals surface area contributed by atoms with Crippen LogP contribution in [0.3, 0.4) is 0 Å². The third-order valence-electron chi connectivity index (χ3n) is 3.40. The van der Waals surface area contributed by atoms with Crippen molar-refractivity contribution < 1.29 is 0 Å². The minimum atomic E-state index is 0.791. The molecule has 2 rings (SSSR count). The summed E-state index contributed by atoms with van der Waals surface area (Å²) in [5.41, 5.74) is 0. The molecule has 2 saturated heterocycles. The summed E-state index contributed by atoms with van der Waals surface area (Å²) >= 11 is 0. The number of likely N-dealkylation sites (tertiary alicyclic amines) is 1. The van der Waals surface area contributed by atoms with E-state index in [1.54, 1.807) is 0 Å². The highest BCUT2D eigenvalue weighted by molar-refractivity contribution is 4.89. The van der Waals surface area contributed by atoms with E-state index in [1.165, 1.54) is 26.1 Å². The maximum atomic E-state index is 3.51. The van der Waals surface area contributed by atoms with Gasteiger partial charge in [0.15, 0.2) is 0 Å². The Kier molecular flexibility index (Phi) is 1.90. The largest absolute Gasteiger partial charge is 0.316 e. The predicted molar refractivity (Wildman–Crippen MR) is 46.6 cm³/mol. The molecule has 0 unspecified atom stereocenters. The summed E-state index contributed by atoms with van der Waals surface area (Å²) in [4.78, 5) is 2.51. The zero-order valence-electron chi connectivity index (χ0n) is 7.51. The van der Waals surface area contributed by atoms with Crippen LogP contribution < -0.4 is 5.32 Å². The van der Waals surface area contributed by atoms with Crippen LogP contribution in [-0.4, -0.2) is 37.6 Å². The van der Waals surface area contributed by atoms with Crippen LogP contribution in [-0.2, 0) is 0 Å².